The number of benzene rings is 1. The fourth-order valence-corrected chi connectivity index (χ4v) is 5.44. The molecule has 1 aliphatic carbocycles. The van der Waals surface area contributed by atoms with Crippen LogP contribution in [0.5, 0.6) is 0 Å². The number of ether oxygens (including phenoxy) is 2. The summed E-state index contributed by atoms with van der Waals surface area (Å²) in [6.07, 6.45) is -10.5. The summed E-state index contributed by atoms with van der Waals surface area (Å²) >= 11 is 7.27. The average molecular weight is 587 g/mol. The number of aliphatic hydroxyl groups is 7. The summed E-state index contributed by atoms with van der Waals surface area (Å²) in [6, 6.07) is 8.95. The molecule has 1 saturated carbocycles. The van der Waals surface area contributed by atoms with Crippen molar-refractivity contribution in [2.45, 2.75) is 71.4 Å². The summed E-state index contributed by atoms with van der Waals surface area (Å²) in [4.78, 5) is 18.2. The van der Waals surface area contributed by atoms with Gasteiger partial charge in [0.2, 0.25) is 0 Å². The van der Waals surface area contributed by atoms with Crippen LogP contribution < -0.4 is 5.32 Å². The Morgan fingerprint density at radius 2 is 1.69 bits per heavy atom. The monoisotopic (exact) mass is 586 g/mol. The van der Waals surface area contributed by atoms with Crippen LogP contribution in [0.15, 0.2) is 52.5 Å². The van der Waals surface area contributed by atoms with E-state index in [1.807, 2.05) is 12.1 Å². The van der Waals surface area contributed by atoms with Crippen LogP contribution in [0.2, 0.25) is 5.02 Å². The number of aromatic nitrogens is 1. The maximum Gasteiger partial charge on any atom is 0.253 e. The normalized spacial score (nSPS) is 35.0. The Morgan fingerprint density at radius 3 is 2.31 bits per heavy atom. The number of rotatable bonds is 8. The van der Waals surface area contributed by atoms with E-state index in [0.717, 1.165) is 4.90 Å². The summed E-state index contributed by atoms with van der Waals surface area (Å²) in [5.74, 6) is -1.49. The third-order valence-corrected chi connectivity index (χ3v) is 8.07. The van der Waals surface area contributed by atoms with Gasteiger partial charge in [0.15, 0.2) is 6.29 Å². The zero-order valence-electron chi connectivity index (χ0n) is 20.5. The lowest BCUT2D eigenvalue weighted by molar-refractivity contribution is -0.301. The molecule has 2 aliphatic rings. The highest BCUT2D eigenvalue weighted by molar-refractivity contribution is 7.99. The third-order valence-electron chi connectivity index (χ3n) is 6.86. The molecule has 10 atom stereocenters. The molecular weight excluding hydrogens is 556 g/mol. The van der Waals surface area contributed by atoms with Gasteiger partial charge >= 0.3 is 0 Å². The van der Waals surface area contributed by atoms with Crippen molar-refractivity contribution in [1.82, 2.24) is 10.3 Å². The molecule has 8 N–H and O–H groups in total. The van der Waals surface area contributed by atoms with E-state index in [0.29, 0.717) is 10.0 Å². The first kappa shape index (κ1) is 30.1. The number of nitrogens with one attached hydrogen (secondary N) is 1. The lowest BCUT2D eigenvalue weighted by Crippen LogP contribution is -2.66. The number of carbonyl (C=O) groups is 1. The largest absolute Gasteiger partial charge is 0.396 e. The van der Waals surface area contributed by atoms with Crippen LogP contribution in [0.1, 0.15) is 16.8 Å². The Labute approximate surface area is 233 Å². The van der Waals surface area contributed by atoms with Gasteiger partial charge in [-0.05, 0) is 42.8 Å². The highest BCUT2D eigenvalue weighted by atomic mass is 35.5. The lowest BCUT2D eigenvalue weighted by Gasteiger charge is -2.46. The number of pyridine rings is 1. The number of amides is 1. The summed E-state index contributed by atoms with van der Waals surface area (Å²) in [5, 5.41) is 74.8. The van der Waals surface area contributed by atoms with Gasteiger partial charge < -0.3 is 50.5 Å². The standard InChI is InChI=1S/C25H31ClN2O10S/c26-13-2-4-14(5-3-13)39-17-6-1-11(8-27-17)24(36)28-18-22(34)21(33)16(10-30)38-25(18)37-15-7-12(9-29)19(31)23(35)20(15)32/h1-6,8,12,15-16,18-23,25,29-35H,7,9-10H2,(H,28,36)/t12-,15?,16-,18-,19-,20+,21-,22-,23-,25+/m1/s1. The van der Waals surface area contributed by atoms with Gasteiger partial charge in [-0.1, -0.05) is 23.4 Å². The Hall–Kier alpha value is -1.88. The van der Waals surface area contributed by atoms with E-state index in [2.05, 4.69) is 10.3 Å². The molecule has 1 aromatic heterocycles. The molecule has 1 aromatic carbocycles. The number of halogens is 1. The molecule has 1 saturated heterocycles. The van der Waals surface area contributed by atoms with Gasteiger partial charge in [0, 0.05) is 28.6 Å². The fourth-order valence-electron chi connectivity index (χ4n) is 4.55. The molecule has 2 fully saturated rings. The molecule has 12 nitrogen and oxygen atoms in total. The number of aliphatic hydroxyl groups excluding tert-OH is 7. The quantitative estimate of drug-likeness (QED) is 0.186. The Bertz CT molecular complexity index is 1100. The van der Waals surface area contributed by atoms with Crippen LogP contribution >= 0.6 is 23.4 Å². The predicted molar refractivity (Wildman–Crippen MR) is 137 cm³/mol. The van der Waals surface area contributed by atoms with Crippen LogP contribution in [-0.2, 0) is 9.47 Å². The minimum absolute atomic E-state index is 0.0739. The van der Waals surface area contributed by atoms with E-state index in [9.17, 15) is 40.5 Å². The summed E-state index contributed by atoms with van der Waals surface area (Å²) in [7, 11) is 0. The smallest absolute Gasteiger partial charge is 0.253 e. The SMILES string of the molecule is O=C(N[C@H]1[C@@H](OC2C[C@H](CO)[C@@H](O)[C@@H](O)[C@H]2O)O[C@H](CO)[C@@H](O)[C@@H]1O)c1ccc(Sc2ccc(Cl)cc2)nc1. The van der Waals surface area contributed by atoms with Crippen LogP contribution in [0.4, 0.5) is 0 Å². The van der Waals surface area contributed by atoms with Crippen molar-refractivity contribution in [3.63, 3.8) is 0 Å². The number of nitrogens with zero attached hydrogens (tertiary/aromatic N) is 1. The van der Waals surface area contributed by atoms with Crippen LogP contribution in [0.25, 0.3) is 0 Å². The second kappa shape index (κ2) is 13.2. The molecular formula is C25H31ClN2O10S. The van der Waals surface area contributed by atoms with Crippen molar-refractivity contribution in [2.24, 2.45) is 5.92 Å². The Kier molecular flexibility index (Phi) is 10.2. The van der Waals surface area contributed by atoms with Gasteiger partial charge in [0.1, 0.15) is 41.6 Å². The van der Waals surface area contributed by atoms with Gasteiger partial charge in [0.25, 0.3) is 5.91 Å². The van der Waals surface area contributed by atoms with Gasteiger partial charge in [-0.25, -0.2) is 4.98 Å². The maximum absolute atomic E-state index is 13.0. The molecule has 0 bridgehead atoms. The second-order valence-corrected chi connectivity index (χ2v) is 11.0. The average Bonchev–Trinajstić information content (AvgIpc) is 2.94. The molecule has 39 heavy (non-hydrogen) atoms. The zero-order chi connectivity index (χ0) is 28.3. The highest BCUT2D eigenvalue weighted by Gasteiger charge is 2.49. The number of hydrogen-bond donors (Lipinski definition) is 8. The van der Waals surface area contributed by atoms with Crippen molar-refractivity contribution >= 4 is 29.3 Å². The van der Waals surface area contributed by atoms with Gasteiger partial charge in [-0.3, -0.25) is 4.79 Å². The summed E-state index contributed by atoms with van der Waals surface area (Å²) in [5.41, 5.74) is 0.136. The molecule has 1 unspecified atom stereocenters. The van der Waals surface area contributed by atoms with Crippen molar-refractivity contribution in [3.05, 3.63) is 53.2 Å². The van der Waals surface area contributed by atoms with Gasteiger partial charge in [0.05, 0.1) is 24.4 Å². The summed E-state index contributed by atoms with van der Waals surface area (Å²) < 4.78 is 11.4. The number of carbonyl (C=O) groups excluding carboxylic acids is 1. The molecule has 4 rings (SSSR count). The predicted octanol–water partition coefficient (Wildman–Crippen LogP) is -1.10. The van der Waals surface area contributed by atoms with E-state index < -0.39 is 80.1 Å². The molecule has 14 heteroatoms. The van der Waals surface area contributed by atoms with E-state index in [-0.39, 0.29) is 12.0 Å². The fraction of sp³-hybridized carbons (Fsp3) is 0.520. The van der Waals surface area contributed by atoms with E-state index >= 15 is 0 Å². The maximum atomic E-state index is 13.0. The molecule has 2 heterocycles. The topological polar surface area (TPSA) is 202 Å². The third kappa shape index (κ3) is 6.89. The summed E-state index contributed by atoms with van der Waals surface area (Å²) in [6.45, 7) is -1.17. The first-order valence-corrected chi connectivity index (χ1v) is 13.5. The lowest BCUT2D eigenvalue weighted by atomic mass is 9.81. The molecule has 1 amide bonds. The van der Waals surface area contributed by atoms with Gasteiger partial charge in [-0.2, -0.15) is 0 Å². The van der Waals surface area contributed by atoms with E-state index in [1.165, 1.54) is 24.0 Å². The first-order chi connectivity index (χ1) is 18.6. The zero-order valence-corrected chi connectivity index (χ0v) is 22.1. The molecule has 214 valence electrons. The van der Waals surface area contributed by atoms with Crippen molar-refractivity contribution in [3.8, 4) is 0 Å². The van der Waals surface area contributed by atoms with E-state index in [1.54, 1.807) is 18.2 Å². The van der Waals surface area contributed by atoms with Crippen LogP contribution in [0.3, 0.4) is 0 Å². The Morgan fingerprint density at radius 1 is 0.974 bits per heavy atom. The van der Waals surface area contributed by atoms with Crippen LogP contribution in [-0.4, -0.2) is 115 Å². The highest BCUT2D eigenvalue weighted by Crippen LogP contribution is 2.32. The van der Waals surface area contributed by atoms with Crippen molar-refractivity contribution < 1.29 is 50.0 Å². The number of hydrogen-bond acceptors (Lipinski definition) is 12. The molecule has 1 aliphatic heterocycles. The Balaban J connectivity index is 1.48. The van der Waals surface area contributed by atoms with E-state index in [4.69, 9.17) is 21.1 Å². The minimum atomic E-state index is -1.64. The van der Waals surface area contributed by atoms with Crippen molar-refractivity contribution in [1.29, 1.82) is 0 Å². The van der Waals surface area contributed by atoms with Crippen molar-refractivity contribution in [2.75, 3.05) is 13.2 Å². The second-order valence-electron chi connectivity index (χ2n) is 9.47. The van der Waals surface area contributed by atoms with Crippen LogP contribution in [0, 0.1) is 5.92 Å². The molecule has 0 radical (unpaired) electrons. The molecule has 2 aromatic rings. The minimum Gasteiger partial charge on any atom is -0.396 e. The first-order valence-electron chi connectivity index (χ1n) is 12.3. The van der Waals surface area contributed by atoms with Gasteiger partial charge in [-0.15, -0.1) is 0 Å². The molecule has 0 spiro atoms.